The SMILES string of the molecule is COC(=O)c1cc(Cc2ccccc2)sc1NC(=O)CCCC(=O)O. The predicted octanol–water partition coefficient (Wildman–Crippen LogP) is 3.32. The van der Waals surface area contributed by atoms with Gasteiger partial charge in [0.05, 0.1) is 12.7 Å². The second-order valence-electron chi connectivity index (χ2n) is 5.40. The van der Waals surface area contributed by atoms with Gasteiger partial charge in [0.1, 0.15) is 5.00 Å². The molecule has 7 heteroatoms. The molecule has 25 heavy (non-hydrogen) atoms. The molecule has 0 aliphatic carbocycles. The number of rotatable bonds is 8. The van der Waals surface area contributed by atoms with Gasteiger partial charge in [-0.25, -0.2) is 4.79 Å². The van der Waals surface area contributed by atoms with E-state index in [9.17, 15) is 14.4 Å². The van der Waals surface area contributed by atoms with Gasteiger partial charge in [-0.2, -0.15) is 0 Å². The van der Waals surface area contributed by atoms with Crippen LogP contribution in [0.2, 0.25) is 0 Å². The van der Waals surface area contributed by atoms with E-state index in [1.54, 1.807) is 6.07 Å². The van der Waals surface area contributed by atoms with Crippen LogP contribution in [0.1, 0.15) is 40.1 Å². The van der Waals surface area contributed by atoms with Crippen molar-refractivity contribution in [3.8, 4) is 0 Å². The van der Waals surface area contributed by atoms with Gasteiger partial charge < -0.3 is 15.2 Å². The summed E-state index contributed by atoms with van der Waals surface area (Å²) >= 11 is 1.32. The third-order valence-corrected chi connectivity index (χ3v) is 4.51. The maximum atomic E-state index is 12.0. The fourth-order valence-corrected chi connectivity index (χ4v) is 3.36. The van der Waals surface area contributed by atoms with Crippen LogP contribution in [0.5, 0.6) is 0 Å². The number of amides is 1. The Balaban J connectivity index is 2.11. The molecule has 2 N–H and O–H groups in total. The molecule has 0 atom stereocenters. The number of benzene rings is 1. The maximum absolute atomic E-state index is 12.0. The largest absolute Gasteiger partial charge is 0.481 e. The number of hydrogen-bond donors (Lipinski definition) is 2. The van der Waals surface area contributed by atoms with E-state index < -0.39 is 11.9 Å². The summed E-state index contributed by atoms with van der Waals surface area (Å²) < 4.78 is 4.77. The lowest BCUT2D eigenvalue weighted by Gasteiger charge is -2.04. The Morgan fingerprint density at radius 2 is 1.88 bits per heavy atom. The number of carboxylic acid groups (broad SMARTS) is 1. The standard InChI is InChI=1S/C18H19NO5S/c1-24-18(23)14-11-13(10-12-6-3-2-4-7-12)25-17(14)19-15(20)8-5-9-16(21)22/h2-4,6-7,11H,5,8-10H2,1H3,(H,19,20)(H,21,22). The van der Waals surface area contributed by atoms with Crippen molar-refractivity contribution in [2.75, 3.05) is 12.4 Å². The molecule has 0 bridgehead atoms. The number of ether oxygens (including phenoxy) is 1. The van der Waals surface area contributed by atoms with Gasteiger partial charge in [-0.3, -0.25) is 9.59 Å². The highest BCUT2D eigenvalue weighted by atomic mass is 32.1. The van der Waals surface area contributed by atoms with E-state index in [1.807, 2.05) is 30.3 Å². The topological polar surface area (TPSA) is 92.7 Å². The lowest BCUT2D eigenvalue weighted by molar-refractivity contribution is -0.137. The average molecular weight is 361 g/mol. The predicted molar refractivity (Wildman–Crippen MR) is 95.0 cm³/mol. The fraction of sp³-hybridized carbons (Fsp3) is 0.278. The number of methoxy groups -OCH3 is 1. The highest BCUT2D eigenvalue weighted by Gasteiger charge is 2.18. The van der Waals surface area contributed by atoms with Gasteiger partial charge >= 0.3 is 11.9 Å². The first kappa shape index (κ1) is 18.7. The molecule has 1 amide bonds. The normalized spacial score (nSPS) is 10.3. The highest BCUT2D eigenvalue weighted by Crippen LogP contribution is 2.30. The molecule has 0 aliphatic rings. The Morgan fingerprint density at radius 3 is 2.52 bits per heavy atom. The van der Waals surface area contributed by atoms with Gasteiger partial charge in [0.2, 0.25) is 5.91 Å². The van der Waals surface area contributed by atoms with Crippen molar-refractivity contribution in [2.45, 2.75) is 25.7 Å². The van der Waals surface area contributed by atoms with Crippen LogP contribution in [-0.2, 0) is 20.7 Å². The van der Waals surface area contributed by atoms with Gasteiger partial charge in [0, 0.05) is 24.1 Å². The zero-order chi connectivity index (χ0) is 18.2. The van der Waals surface area contributed by atoms with E-state index in [-0.39, 0.29) is 25.2 Å². The second-order valence-corrected chi connectivity index (χ2v) is 6.54. The molecule has 0 fully saturated rings. The smallest absolute Gasteiger partial charge is 0.340 e. The molecule has 0 spiro atoms. The fourth-order valence-electron chi connectivity index (χ4n) is 2.27. The first-order valence-corrected chi connectivity index (χ1v) is 8.58. The van der Waals surface area contributed by atoms with Crippen LogP contribution in [0.25, 0.3) is 0 Å². The molecule has 2 rings (SSSR count). The Labute approximate surface area is 149 Å². The molecular formula is C18H19NO5S. The summed E-state index contributed by atoms with van der Waals surface area (Å²) in [5, 5.41) is 11.7. The van der Waals surface area contributed by atoms with E-state index in [4.69, 9.17) is 9.84 Å². The summed E-state index contributed by atoms with van der Waals surface area (Å²) in [5.74, 6) is -1.78. The number of thiophene rings is 1. The number of carbonyl (C=O) groups excluding carboxylic acids is 2. The van der Waals surface area contributed by atoms with Crippen molar-refractivity contribution in [1.29, 1.82) is 0 Å². The van der Waals surface area contributed by atoms with Gasteiger partial charge in [-0.05, 0) is 18.1 Å². The number of carboxylic acids is 1. The van der Waals surface area contributed by atoms with E-state index in [0.717, 1.165) is 10.4 Å². The number of nitrogens with one attached hydrogen (secondary N) is 1. The Hall–Kier alpha value is -2.67. The second kappa shape index (κ2) is 8.98. The van der Waals surface area contributed by atoms with E-state index in [2.05, 4.69) is 5.32 Å². The van der Waals surface area contributed by atoms with Crippen LogP contribution in [-0.4, -0.2) is 30.1 Å². The Kier molecular flexibility index (Phi) is 6.71. The minimum absolute atomic E-state index is 0.0685. The van der Waals surface area contributed by atoms with Crippen LogP contribution < -0.4 is 5.32 Å². The molecule has 1 aromatic heterocycles. The summed E-state index contributed by atoms with van der Waals surface area (Å²) in [6.45, 7) is 0. The van der Waals surface area contributed by atoms with Crippen molar-refractivity contribution >= 4 is 34.2 Å². The molecule has 1 heterocycles. The third kappa shape index (κ3) is 5.72. The third-order valence-electron chi connectivity index (χ3n) is 3.46. The van der Waals surface area contributed by atoms with Gasteiger partial charge in [-0.1, -0.05) is 30.3 Å². The van der Waals surface area contributed by atoms with E-state index >= 15 is 0 Å². The summed E-state index contributed by atoms with van der Waals surface area (Å²) in [7, 11) is 1.29. The number of carbonyl (C=O) groups is 3. The van der Waals surface area contributed by atoms with Gasteiger partial charge in [0.25, 0.3) is 0 Å². The summed E-state index contributed by atoms with van der Waals surface area (Å²) in [6.07, 6.45) is 0.904. The molecule has 0 unspecified atom stereocenters. The lowest BCUT2D eigenvalue weighted by Crippen LogP contribution is -2.13. The van der Waals surface area contributed by atoms with E-state index in [1.165, 1.54) is 18.4 Å². The summed E-state index contributed by atoms with van der Waals surface area (Å²) in [4.78, 5) is 35.3. The molecular weight excluding hydrogens is 342 g/mol. The minimum Gasteiger partial charge on any atom is -0.481 e. The number of aliphatic carboxylic acids is 1. The summed E-state index contributed by atoms with van der Waals surface area (Å²) in [5.41, 5.74) is 1.41. The molecule has 6 nitrogen and oxygen atoms in total. The molecule has 132 valence electrons. The Bertz CT molecular complexity index is 754. The molecule has 1 aromatic carbocycles. The minimum atomic E-state index is -0.940. The molecule has 2 aromatic rings. The van der Waals surface area contributed by atoms with Gasteiger partial charge in [0.15, 0.2) is 0 Å². The van der Waals surface area contributed by atoms with E-state index in [0.29, 0.717) is 17.0 Å². The first-order valence-electron chi connectivity index (χ1n) is 7.76. The number of anilines is 1. The monoisotopic (exact) mass is 361 g/mol. The summed E-state index contributed by atoms with van der Waals surface area (Å²) in [6, 6.07) is 11.5. The van der Waals surface area contributed by atoms with Crippen LogP contribution in [0, 0.1) is 0 Å². The van der Waals surface area contributed by atoms with Crippen molar-refractivity contribution < 1.29 is 24.2 Å². The van der Waals surface area contributed by atoms with Crippen LogP contribution in [0.4, 0.5) is 5.00 Å². The first-order chi connectivity index (χ1) is 12.0. The van der Waals surface area contributed by atoms with Crippen molar-refractivity contribution in [2.24, 2.45) is 0 Å². The number of hydrogen-bond acceptors (Lipinski definition) is 5. The highest BCUT2D eigenvalue weighted by molar-refractivity contribution is 7.16. The van der Waals surface area contributed by atoms with Crippen molar-refractivity contribution in [3.05, 3.63) is 52.4 Å². The van der Waals surface area contributed by atoms with Crippen LogP contribution in [0.15, 0.2) is 36.4 Å². The molecule has 0 saturated heterocycles. The van der Waals surface area contributed by atoms with Gasteiger partial charge in [-0.15, -0.1) is 11.3 Å². The molecule has 0 radical (unpaired) electrons. The quantitative estimate of drug-likeness (QED) is 0.704. The molecule has 0 saturated carbocycles. The zero-order valence-electron chi connectivity index (χ0n) is 13.8. The Morgan fingerprint density at radius 1 is 1.16 bits per heavy atom. The molecule has 0 aliphatic heterocycles. The van der Waals surface area contributed by atoms with Crippen molar-refractivity contribution in [3.63, 3.8) is 0 Å². The number of esters is 1. The van der Waals surface area contributed by atoms with Crippen molar-refractivity contribution in [1.82, 2.24) is 0 Å². The lowest BCUT2D eigenvalue weighted by atomic mass is 10.1. The van der Waals surface area contributed by atoms with Crippen LogP contribution in [0.3, 0.4) is 0 Å². The average Bonchev–Trinajstić information content (AvgIpc) is 2.97. The maximum Gasteiger partial charge on any atom is 0.340 e. The van der Waals surface area contributed by atoms with Crippen LogP contribution >= 0.6 is 11.3 Å². The zero-order valence-corrected chi connectivity index (χ0v) is 14.6.